The molecule has 0 N–H and O–H groups in total. The van der Waals surface area contributed by atoms with E-state index in [1.807, 2.05) is 6.92 Å². The highest BCUT2D eigenvalue weighted by Gasteiger charge is 2.36. The van der Waals surface area contributed by atoms with Crippen molar-refractivity contribution in [1.29, 1.82) is 0 Å². The van der Waals surface area contributed by atoms with E-state index in [4.69, 9.17) is 9.47 Å². The Hall–Kier alpha value is -1.72. The molecule has 0 aromatic carbocycles. The summed E-state index contributed by atoms with van der Waals surface area (Å²) in [6.07, 6.45) is 4.57. The maximum atomic E-state index is 12.4. The molecular formula is C19H28O6. The highest BCUT2D eigenvalue weighted by Crippen LogP contribution is 2.36. The lowest BCUT2D eigenvalue weighted by Gasteiger charge is -2.36. The van der Waals surface area contributed by atoms with Gasteiger partial charge in [0.2, 0.25) is 0 Å². The SMILES string of the molecule is CCC(=O)CCCC(=O)CC(C1CCC(=O)OC1)C1CCC(=O)OC1. The van der Waals surface area contributed by atoms with E-state index in [2.05, 4.69) is 0 Å². The average Bonchev–Trinajstić information content (AvgIpc) is 2.61. The van der Waals surface area contributed by atoms with Gasteiger partial charge in [-0.1, -0.05) is 6.92 Å². The zero-order chi connectivity index (χ0) is 18.2. The fraction of sp³-hybridized carbons (Fsp3) is 0.789. The van der Waals surface area contributed by atoms with Crippen LogP contribution in [0.25, 0.3) is 0 Å². The summed E-state index contributed by atoms with van der Waals surface area (Å²) in [5.74, 6) is 0.298. The molecule has 2 fully saturated rings. The van der Waals surface area contributed by atoms with Crippen molar-refractivity contribution in [2.75, 3.05) is 13.2 Å². The number of esters is 2. The first-order chi connectivity index (χ1) is 12.0. The number of hydrogen-bond acceptors (Lipinski definition) is 6. The van der Waals surface area contributed by atoms with Gasteiger partial charge in [-0.3, -0.25) is 19.2 Å². The molecule has 2 aliphatic rings. The van der Waals surface area contributed by atoms with E-state index in [0.29, 0.717) is 58.2 Å². The number of Topliss-reactive ketones (excluding diaryl/α,β-unsaturated/α-hetero) is 2. The molecule has 2 heterocycles. The van der Waals surface area contributed by atoms with Crippen molar-refractivity contribution < 1.29 is 28.7 Å². The Balaban J connectivity index is 1.91. The van der Waals surface area contributed by atoms with Crippen molar-refractivity contribution in [2.45, 2.75) is 64.7 Å². The Kier molecular flexibility index (Phi) is 7.59. The Morgan fingerprint density at radius 1 is 0.960 bits per heavy atom. The van der Waals surface area contributed by atoms with Crippen molar-refractivity contribution >= 4 is 23.5 Å². The number of carbonyl (C=O) groups is 4. The second-order valence-electron chi connectivity index (χ2n) is 7.12. The number of carbonyl (C=O) groups excluding carboxylic acids is 4. The molecule has 0 amide bonds. The first kappa shape index (κ1) is 19.6. The monoisotopic (exact) mass is 352 g/mol. The maximum absolute atomic E-state index is 12.4. The zero-order valence-corrected chi connectivity index (χ0v) is 15.0. The molecule has 2 rings (SSSR count). The van der Waals surface area contributed by atoms with Gasteiger partial charge in [-0.2, -0.15) is 0 Å². The summed E-state index contributed by atoms with van der Waals surface area (Å²) in [5, 5.41) is 0. The van der Waals surface area contributed by atoms with Gasteiger partial charge < -0.3 is 9.47 Å². The summed E-state index contributed by atoms with van der Waals surface area (Å²) in [5.41, 5.74) is 0. The minimum Gasteiger partial charge on any atom is -0.465 e. The van der Waals surface area contributed by atoms with Gasteiger partial charge in [0.25, 0.3) is 0 Å². The Bertz CT molecular complexity index is 464. The number of ether oxygens (including phenoxy) is 2. The van der Waals surface area contributed by atoms with Crippen molar-refractivity contribution in [3.05, 3.63) is 0 Å². The molecule has 2 atom stereocenters. The normalized spacial score (nSPS) is 25.0. The Morgan fingerprint density at radius 3 is 1.92 bits per heavy atom. The fourth-order valence-corrected chi connectivity index (χ4v) is 3.74. The topological polar surface area (TPSA) is 86.7 Å². The van der Waals surface area contributed by atoms with Gasteiger partial charge in [0.1, 0.15) is 11.6 Å². The van der Waals surface area contributed by atoms with E-state index >= 15 is 0 Å². The molecule has 0 aromatic heterocycles. The minimum atomic E-state index is -0.186. The van der Waals surface area contributed by atoms with Crippen molar-refractivity contribution in [1.82, 2.24) is 0 Å². The molecule has 0 aromatic rings. The number of rotatable bonds is 9. The minimum absolute atomic E-state index is 0.0653. The van der Waals surface area contributed by atoms with E-state index in [-0.39, 0.29) is 41.3 Å². The third-order valence-electron chi connectivity index (χ3n) is 5.34. The fourth-order valence-electron chi connectivity index (χ4n) is 3.74. The summed E-state index contributed by atoms with van der Waals surface area (Å²) < 4.78 is 10.4. The first-order valence-electron chi connectivity index (χ1n) is 9.34. The Morgan fingerprint density at radius 2 is 1.48 bits per heavy atom. The van der Waals surface area contributed by atoms with Gasteiger partial charge >= 0.3 is 11.9 Å². The summed E-state index contributed by atoms with van der Waals surface area (Å²) >= 11 is 0. The molecule has 2 unspecified atom stereocenters. The van der Waals surface area contributed by atoms with Crippen molar-refractivity contribution in [3.63, 3.8) is 0 Å². The van der Waals surface area contributed by atoms with Crippen LogP contribution in [-0.2, 0) is 28.7 Å². The van der Waals surface area contributed by atoms with Crippen LogP contribution in [0, 0.1) is 17.8 Å². The molecule has 6 heteroatoms. The largest absolute Gasteiger partial charge is 0.465 e. The highest BCUT2D eigenvalue weighted by atomic mass is 16.5. The van der Waals surface area contributed by atoms with Crippen LogP contribution in [0.15, 0.2) is 0 Å². The predicted octanol–water partition coefficient (Wildman–Crippen LogP) is 2.62. The lowest BCUT2D eigenvalue weighted by atomic mass is 9.73. The second kappa shape index (κ2) is 9.68. The molecule has 2 saturated heterocycles. The third kappa shape index (κ3) is 6.25. The molecule has 6 nitrogen and oxygen atoms in total. The van der Waals surface area contributed by atoms with Crippen molar-refractivity contribution in [3.8, 4) is 0 Å². The van der Waals surface area contributed by atoms with Crippen LogP contribution in [0.4, 0.5) is 0 Å². The van der Waals surface area contributed by atoms with Gasteiger partial charge in [-0.25, -0.2) is 0 Å². The lowest BCUT2D eigenvalue weighted by Crippen LogP contribution is -2.37. The summed E-state index contributed by atoms with van der Waals surface area (Å²) in [6.45, 7) is 2.51. The highest BCUT2D eigenvalue weighted by molar-refractivity contribution is 5.81. The van der Waals surface area contributed by atoms with Crippen LogP contribution >= 0.6 is 0 Å². The molecule has 0 bridgehead atoms. The van der Waals surface area contributed by atoms with Crippen LogP contribution in [0.1, 0.15) is 64.7 Å². The van der Waals surface area contributed by atoms with E-state index in [1.165, 1.54) is 0 Å². The summed E-state index contributed by atoms with van der Waals surface area (Å²) in [7, 11) is 0. The molecule has 0 radical (unpaired) electrons. The van der Waals surface area contributed by atoms with E-state index in [9.17, 15) is 19.2 Å². The van der Waals surface area contributed by atoms with Crippen molar-refractivity contribution in [2.24, 2.45) is 17.8 Å². The molecular weight excluding hydrogens is 324 g/mol. The first-order valence-corrected chi connectivity index (χ1v) is 9.34. The molecule has 2 aliphatic heterocycles. The van der Waals surface area contributed by atoms with Gasteiger partial charge in [0.15, 0.2) is 0 Å². The molecule has 0 saturated carbocycles. The predicted molar refractivity (Wildman–Crippen MR) is 89.6 cm³/mol. The maximum Gasteiger partial charge on any atom is 0.305 e. The summed E-state index contributed by atoms with van der Waals surface area (Å²) in [4.78, 5) is 46.4. The molecule has 140 valence electrons. The van der Waals surface area contributed by atoms with Gasteiger partial charge in [0.05, 0.1) is 13.2 Å². The number of cyclic esters (lactones) is 2. The average molecular weight is 352 g/mol. The number of ketones is 2. The van der Waals surface area contributed by atoms with E-state index in [1.54, 1.807) is 0 Å². The van der Waals surface area contributed by atoms with Crippen LogP contribution in [0.2, 0.25) is 0 Å². The van der Waals surface area contributed by atoms with E-state index in [0.717, 1.165) is 12.8 Å². The smallest absolute Gasteiger partial charge is 0.305 e. The van der Waals surface area contributed by atoms with Crippen LogP contribution < -0.4 is 0 Å². The number of hydrogen-bond donors (Lipinski definition) is 0. The van der Waals surface area contributed by atoms with Crippen LogP contribution in [0.5, 0.6) is 0 Å². The van der Waals surface area contributed by atoms with Gasteiger partial charge in [-0.15, -0.1) is 0 Å². The van der Waals surface area contributed by atoms with Crippen LogP contribution in [0.3, 0.4) is 0 Å². The summed E-state index contributed by atoms with van der Waals surface area (Å²) in [6, 6.07) is 0. The third-order valence-corrected chi connectivity index (χ3v) is 5.34. The molecule has 25 heavy (non-hydrogen) atoms. The van der Waals surface area contributed by atoms with E-state index < -0.39 is 0 Å². The standard InChI is InChI=1S/C19H28O6/c1-2-15(20)4-3-5-16(21)10-17(13-6-8-18(22)24-11-13)14-7-9-19(23)25-12-14/h13-14,17H,2-12H2,1H3. The quantitative estimate of drug-likeness (QED) is 0.593. The molecule has 0 aliphatic carbocycles. The lowest BCUT2D eigenvalue weighted by molar-refractivity contribution is -0.155. The zero-order valence-electron chi connectivity index (χ0n) is 15.0. The van der Waals surface area contributed by atoms with Gasteiger partial charge in [0, 0.05) is 38.5 Å². The second-order valence-corrected chi connectivity index (χ2v) is 7.12. The van der Waals surface area contributed by atoms with Gasteiger partial charge in [-0.05, 0) is 37.0 Å². The Labute approximate surface area is 148 Å². The molecule has 0 spiro atoms. The van der Waals surface area contributed by atoms with Crippen LogP contribution in [-0.4, -0.2) is 36.7 Å².